The number of hydrogen-bond acceptors (Lipinski definition) is 3. The van der Waals surface area contributed by atoms with E-state index in [-0.39, 0.29) is 0 Å². The Hall–Kier alpha value is -4.88. The van der Waals surface area contributed by atoms with Gasteiger partial charge in [-0.15, -0.1) is 0 Å². The molecule has 0 radical (unpaired) electrons. The van der Waals surface area contributed by atoms with Crippen LogP contribution >= 0.6 is 0 Å². The summed E-state index contributed by atoms with van der Waals surface area (Å²) in [4.78, 5) is 4.24. The van der Waals surface area contributed by atoms with Crippen molar-refractivity contribution in [1.82, 2.24) is 9.55 Å². The van der Waals surface area contributed by atoms with Crippen molar-refractivity contribution in [2.24, 2.45) is 0 Å². The molecular formula is C30H17N3O. The van der Waals surface area contributed by atoms with Gasteiger partial charge < -0.3 is 8.98 Å². The van der Waals surface area contributed by atoms with Gasteiger partial charge in [-0.3, -0.25) is 0 Å². The van der Waals surface area contributed by atoms with Crippen molar-refractivity contribution in [3.8, 4) is 22.9 Å². The maximum absolute atomic E-state index is 9.07. The van der Waals surface area contributed by atoms with Crippen LogP contribution in [0.25, 0.3) is 60.6 Å². The van der Waals surface area contributed by atoms with Gasteiger partial charge in [0.05, 0.1) is 11.0 Å². The number of furan rings is 1. The molecule has 0 aliphatic rings. The Morgan fingerprint density at radius 2 is 1.50 bits per heavy atom. The van der Waals surface area contributed by atoms with Gasteiger partial charge in [0.15, 0.2) is 0 Å². The number of fused-ring (bicyclic) bond motifs is 6. The van der Waals surface area contributed by atoms with Crippen LogP contribution in [0.1, 0.15) is 5.69 Å². The fraction of sp³-hybridized carbons (Fsp3) is 0. The minimum Gasteiger partial charge on any atom is -0.456 e. The molecule has 3 heterocycles. The van der Waals surface area contributed by atoms with E-state index in [1.54, 1.807) is 12.3 Å². The molecule has 7 rings (SSSR count). The monoisotopic (exact) mass is 435 g/mol. The van der Waals surface area contributed by atoms with Gasteiger partial charge in [-0.05, 0) is 54.1 Å². The summed E-state index contributed by atoms with van der Waals surface area (Å²) in [5.41, 5.74) is 7.59. The third-order valence-corrected chi connectivity index (χ3v) is 6.49. The third-order valence-electron chi connectivity index (χ3n) is 6.49. The van der Waals surface area contributed by atoms with Crippen molar-refractivity contribution in [3.63, 3.8) is 0 Å². The first-order chi connectivity index (χ1) is 16.8. The topological polar surface area (TPSA) is 54.8 Å². The lowest BCUT2D eigenvalue weighted by molar-refractivity contribution is 0.669. The number of para-hydroxylation sites is 2. The summed E-state index contributed by atoms with van der Waals surface area (Å²) < 4.78 is 8.49. The number of aromatic nitrogens is 2. The Labute approximate surface area is 194 Å². The average Bonchev–Trinajstić information content (AvgIpc) is 3.42. The second-order valence-electron chi connectivity index (χ2n) is 8.41. The van der Waals surface area contributed by atoms with E-state index in [1.807, 2.05) is 24.3 Å². The van der Waals surface area contributed by atoms with Crippen LogP contribution in [0.15, 0.2) is 108 Å². The summed E-state index contributed by atoms with van der Waals surface area (Å²) in [5, 5.41) is 13.6. The first kappa shape index (κ1) is 18.7. The number of pyridine rings is 1. The molecule has 0 unspecified atom stereocenters. The van der Waals surface area contributed by atoms with Crippen LogP contribution in [0.2, 0.25) is 0 Å². The van der Waals surface area contributed by atoms with E-state index < -0.39 is 0 Å². The molecule has 0 amide bonds. The van der Waals surface area contributed by atoms with Crippen molar-refractivity contribution < 1.29 is 4.42 Å². The lowest BCUT2D eigenvalue weighted by atomic mass is 10.1. The molecule has 7 aromatic rings. The fourth-order valence-corrected chi connectivity index (χ4v) is 4.92. The van der Waals surface area contributed by atoms with E-state index >= 15 is 0 Å². The Morgan fingerprint density at radius 3 is 2.35 bits per heavy atom. The molecule has 158 valence electrons. The summed E-state index contributed by atoms with van der Waals surface area (Å²) >= 11 is 0. The van der Waals surface area contributed by atoms with Gasteiger partial charge in [0.25, 0.3) is 0 Å². The maximum atomic E-state index is 9.07. The number of rotatable bonds is 2. The lowest BCUT2D eigenvalue weighted by Crippen LogP contribution is -1.94. The van der Waals surface area contributed by atoms with Crippen LogP contribution in [0, 0.1) is 11.3 Å². The van der Waals surface area contributed by atoms with E-state index in [4.69, 9.17) is 9.68 Å². The highest BCUT2D eigenvalue weighted by Crippen LogP contribution is 2.38. The Kier molecular flexibility index (Phi) is 3.88. The zero-order valence-corrected chi connectivity index (χ0v) is 18.1. The van der Waals surface area contributed by atoms with Crippen molar-refractivity contribution in [2.45, 2.75) is 0 Å². The summed E-state index contributed by atoms with van der Waals surface area (Å²) in [6.45, 7) is 0. The second-order valence-corrected chi connectivity index (χ2v) is 8.41. The average molecular weight is 435 g/mol. The molecule has 4 heteroatoms. The Balaban J connectivity index is 1.53. The summed E-state index contributed by atoms with van der Waals surface area (Å²) in [7, 11) is 0. The van der Waals surface area contributed by atoms with Gasteiger partial charge in [-0.25, -0.2) is 4.98 Å². The first-order valence-corrected chi connectivity index (χ1v) is 11.1. The third kappa shape index (κ3) is 2.68. The molecule has 0 N–H and O–H groups in total. The predicted molar refractivity (Wildman–Crippen MR) is 136 cm³/mol. The zero-order valence-electron chi connectivity index (χ0n) is 18.1. The van der Waals surface area contributed by atoms with Crippen molar-refractivity contribution in [3.05, 3.63) is 109 Å². The van der Waals surface area contributed by atoms with E-state index in [1.165, 1.54) is 5.39 Å². The van der Waals surface area contributed by atoms with Gasteiger partial charge in [-0.1, -0.05) is 48.5 Å². The first-order valence-electron chi connectivity index (χ1n) is 11.1. The van der Waals surface area contributed by atoms with Crippen molar-refractivity contribution >= 4 is 43.7 Å². The number of benzene rings is 4. The second kappa shape index (κ2) is 7.06. The van der Waals surface area contributed by atoms with Crippen LogP contribution in [0.5, 0.6) is 0 Å². The Morgan fingerprint density at radius 1 is 0.647 bits per heavy atom. The molecule has 4 nitrogen and oxygen atoms in total. The number of nitriles is 1. The van der Waals surface area contributed by atoms with Gasteiger partial charge in [-0.2, -0.15) is 5.26 Å². The van der Waals surface area contributed by atoms with Crippen LogP contribution in [-0.2, 0) is 0 Å². The Bertz CT molecular complexity index is 1920. The number of hydrogen-bond donors (Lipinski definition) is 0. The van der Waals surface area contributed by atoms with E-state index in [9.17, 15) is 0 Å². The van der Waals surface area contributed by atoms with E-state index in [0.29, 0.717) is 5.69 Å². The van der Waals surface area contributed by atoms with Gasteiger partial charge in [0.2, 0.25) is 0 Å². The van der Waals surface area contributed by atoms with Gasteiger partial charge in [0.1, 0.15) is 22.9 Å². The highest BCUT2D eigenvalue weighted by atomic mass is 16.3. The molecule has 3 aromatic heterocycles. The molecule has 0 atom stereocenters. The highest BCUT2D eigenvalue weighted by Gasteiger charge is 2.16. The van der Waals surface area contributed by atoms with Crippen molar-refractivity contribution in [2.75, 3.05) is 0 Å². The largest absolute Gasteiger partial charge is 0.456 e. The molecule has 0 bridgehead atoms. The van der Waals surface area contributed by atoms with Crippen LogP contribution in [0.3, 0.4) is 0 Å². The molecule has 0 aliphatic heterocycles. The molecular weight excluding hydrogens is 418 g/mol. The molecule has 34 heavy (non-hydrogen) atoms. The van der Waals surface area contributed by atoms with Crippen LogP contribution in [0.4, 0.5) is 0 Å². The van der Waals surface area contributed by atoms with Gasteiger partial charge in [0, 0.05) is 39.0 Å². The molecule has 0 fully saturated rings. The quantitative estimate of drug-likeness (QED) is 0.281. The zero-order chi connectivity index (χ0) is 22.6. The predicted octanol–water partition coefficient (Wildman–Crippen LogP) is 7.62. The molecule has 0 spiro atoms. The SMILES string of the molecule is N#Cc1ccc(-c2cccc(-n3c4ccccc4c4cc5oc6ccccc6c5cc43)c2)cn1. The highest BCUT2D eigenvalue weighted by molar-refractivity contribution is 6.17. The minimum atomic E-state index is 0.415. The normalized spacial score (nSPS) is 11.5. The minimum absolute atomic E-state index is 0.415. The molecule has 0 saturated heterocycles. The van der Waals surface area contributed by atoms with Crippen LogP contribution < -0.4 is 0 Å². The molecule has 4 aromatic carbocycles. The van der Waals surface area contributed by atoms with Crippen molar-refractivity contribution in [1.29, 1.82) is 5.26 Å². The standard InChI is InChI=1S/C30H17N3O/c31-17-21-13-12-20(18-32-21)19-6-5-7-22(14-19)33-27-10-3-1-8-23(27)25-16-30-26(15-28(25)33)24-9-2-4-11-29(24)34-30/h1-16,18H. The smallest absolute Gasteiger partial charge is 0.140 e. The summed E-state index contributed by atoms with van der Waals surface area (Å²) in [5.74, 6) is 0. The summed E-state index contributed by atoms with van der Waals surface area (Å²) in [6, 6.07) is 35.3. The molecule has 0 aliphatic carbocycles. The van der Waals surface area contributed by atoms with E-state index in [0.717, 1.165) is 55.2 Å². The maximum Gasteiger partial charge on any atom is 0.140 e. The van der Waals surface area contributed by atoms with Crippen LogP contribution in [-0.4, -0.2) is 9.55 Å². The van der Waals surface area contributed by atoms with Gasteiger partial charge >= 0.3 is 0 Å². The molecule has 0 saturated carbocycles. The lowest BCUT2D eigenvalue weighted by Gasteiger charge is -2.10. The summed E-state index contributed by atoms with van der Waals surface area (Å²) in [6.07, 6.45) is 1.75. The fourth-order valence-electron chi connectivity index (χ4n) is 4.92. The van der Waals surface area contributed by atoms with E-state index in [2.05, 4.69) is 82.4 Å². The number of nitrogens with zero attached hydrogens (tertiary/aromatic N) is 3.